The summed E-state index contributed by atoms with van der Waals surface area (Å²) >= 11 is 6.86. The summed E-state index contributed by atoms with van der Waals surface area (Å²) in [5.41, 5.74) is 0.204. The summed E-state index contributed by atoms with van der Waals surface area (Å²) in [5, 5.41) is 0.789. The highest BCUT2D eigenvalue weighted by molar-refractivity contribution is 6.32. The van der Waals surface area contributed by atoms with E-state index < -0.39 is 23.1 Å². The highest BCUT2D eigenvalue weighted by Crippen LogP contribution is 2.51. The number of nitrogens with zero attached hydrogens (tertiary/aromatic N) is 6. The second kappa shape index (κ2) is 12.9. The average molecular weight is 755 g/mol. The van der Waals surface area contributed by atoms with Crippen molar-refractivity contribution in [2.75, 3.05) is 51.7 Å². The zero-order valence-corrected chi connectivity index (χ0v) is 31.3. The molecule has 15 heteroatoms. The average Bonchev–Trinajstić information content (AvgIpc) is 3.72. The number of hydrogen-bond donors (Lipinski definition) is 0. The van der Waals surface area contributed by atoms with Crippen LogP contribution in [0.3, 0.4) is 0 Å². The zero-order chi connectivity index (χ0) is 36.8. The van der Waals surface area contributed by atoms with Crippen molar-refractivity contribution < 1.29 is 37.3 Å². The predicted octanol–water partition coefficient (Wildman–Crippen LogP) is 6.65. The number of carbonyl (C=O) groups excluding carboxylic acids is 1. The summed E-state index contributed by atoms with van der Waals surface area (Å²) < 4.78 is 61.7. The molecule has 2 aromatic heterocycles. The standard InChI is InChI=1S/C38H45ClF2N6O6/c1-37(2,3)53-36(48)47-22-8-9-26(47)27-17-50-34-29-32(30(41)31(42-34)24-12-23(52-19-49-4)13-25(39)28(24)20-6-7-20)43-35(44-33(29)46(27)16-22)51-18-38-10-5-11-45(38)15-21(40)14-38/h12-13,20-22,26-27H,5-11,14-19H2,1-4H3. The molecular weight excluding hydrogens is 710 g/mol. The van der Waals surface area contributed by atoms with E-state index in [9.17, 15) is 9.18 Å². The second-order valence-electron chi connectivity index (χ2n) is 16.4. The fraction of sp³-hybridized carbons (Fsp3) is 0.632. The monoisotopic (exact) mass is 754 g/mol. The summed E-state index contributed by atoms with van der Waals surface area (Å²) in [7, 11) is 1.52. The molecule has 1 aliphatic carbocycles. The molecule has 2 bridgehead atoms. The molecule has 5 unspecified atom stereocenters. The SMILES string of the molecule is COCOc1cc(Cl)c(C2CC2)c(-c2nc3c4c(nc(OCC56CCCN5CC(F)C6)nc4c2F)N2CC4CCC(C2CO3)N4C(=O)OC(C)(C)C)c1. The molecule has 9 rings (SSSR count). The maximum absolute atomic E-state index is 17.4. The van der Waals surface area contributed by atoms with Crippen LogP contribution in [0.2, 0.25) is 5.02 Å². The Hall–Kier alpha value is -3.75. The van der Waals surface area contributed by atoms with E-state index in [1.807, 2.05) is 25.7 Å². The van der Waals surface area contributed by atoms with Crippen molar-refractivity contribution in [1.29, 1.82) is 0 Å². The van der Waals surface area contributed by atoms with Crippen LogP contribution in [0.15, 0.2) is 12.1 Å². The molecule has 5 atom stereocenters. The van der Waals surface area contributed by atoms with Crippen LogP contribution in [0.5, 0.6) is 17.6 Å². The molecule has 284 valence electrons. The molecule has 3 aromatic rings. The van der Waals surface area contributed by atoms with Gasteiger partial charge in [-0.15, -0.1) is 0 Å². The molecule has 6 aliphatic rings. The normalized spacial score (nSPS) is 27.8. The number of benzene rings is 1. The summed E-state index contributed by atoms with van der Waals surface area (Å²) in [6, 6.07) is 2.73. The van der Waals surface area contributed by atoms with Crippen molar-refractivity contribution in [2.45, 2.75) is 107 Å². The molecule has 5 aliphatic heterocycles. The van der Waals surface area contributed by atoms with Gasteiger partial charge in [-0.25, -0.2) is 18.6 Å². The van der Waals surface area contributed by atoms with Crippen LogP contribution in [0.25, 0.3) is 22.2 Å². The first-order valence-electron chi connectivity index (χ1n) is 18.7. The van der Waals surface area contributed by atoms with E-state index in [0.717, 1.165) is 50.6 Å². The van der Waals surface area contributed by atoms with Crippen molar-refractivity contribution in [1.82, 2.24) is 24.8 Å². The third-order valence-corrected chi connectivity index (χ3v) is 12.0. The van der Waals surface area contributed by atoms with E-state index >= 15 is 4.39 Å². The summed E-state index contributed by atoms with van der Waals surface area (Å²) in [5.74, 6) is 0.518. The number of methoxy groups -OCH3 is 1. The van der Waals surface area contributed by atoms with Gasteiger partial charge < -0.3 is 28.6 Å². The Bertz CT molecular complexity index is 1960. The number of anilines is 1. The maximum Gasteiger partial charge on any atom is 0.410 e. The number of amides is 1. The lowest BCUT2D eigenvalue weighted by Gasteiger charge is -2.46. The first kappa shape index (κ1) is 35.0. The Labute approximate surface area is 312 Å². The predicted molar refractivity (Wildman–Crippen MR) is 192 cm³/mol. The molecule has 1 aromatic carbocycles. The number of carbonyl (C=O) groups is 1. The van der Waals surface area contributed by atoms with Crippen LogP contribution in [-0.2, 0) is 9.47 Å². The van der Waals surface area contributed by atoms with Gasteiger partial charge in [0, 0.05) is 37.2 Å². The molecule has 1 saturated carbocycles. The molecule has 0 spiro atoms. The summed E-state index contributed by atoms with van der Waals surface area (Å²) in [4.78, 5) is 34.2. The number of pyridine rings is 1. The van der Waals surface area contributed by atoms with Crippen LogP contribution >= 0.6 is 11.6 Å². The first-order valence-corrected chi connectivity index (χ1v) is 19.1. The molecule has 4 saturated heterocycles. The molecular formula is C38H45ClF2N6O6. The van der Waals surface area contributed by atoms with Crippen LogP contribution in [0.4, 0.5) is 19.4 Å². The third kappa shape index (κ3) is 6.08. The topological polar surface area (TPSA) is 112 Å². The number of halogens is 3. The fourth-order valence-electron chi connectivity index (χ4n) is 9.34. The lowest BCUT2D eigenvalue weighted by atomic mass is 9.95. The highest BCUT2D eigenvalue weighted by atomic mass is 35.5. The summed E-state index contributed by atoms with van der Waals surface area (Å²) in [6.07, 6.45) is 4.20. The molecule has 5 fully saturated rings. The van der Waals surface area contributed by atoms with E-state index in [-0.39, 0.29) is 73.2 Å². The number of rotatable bonds is 8. The second-order valence-corrected chi connectivity index (χ2v) is 16.8. The van der Waals surface area contributed by atoms with Gasteiger partial charge in [0.2, 0.25) is 5.88 Å². The van der Waals surface area contributed by atoms with Crippen molar-refractivity contribution in [2.24, 2.45) is 0 Å². The Kier molecular flexibility index (Phi) is 8.54. The lowest BCUT2D eigenvalue weighted by Crippen LogP contribution is -2.63. The van der Waals surface area contributed by atoms with E-state index in [1.54, 1.807) is 12.1 Å². The first-order chi connectivity index (χ1) is 25.4. The van der Waals surface area contributed by atoms with Gasteiger partial charge in [0.1, 0.15) is 53.2 Å². The number of piperazine rings is 1. The molecule has 53 heavy (non-hydrogen) atoms. The zero-order valence-electron chi connectivity index (χ0n) is 30.5. The quantitative estimate of drug-likeness (QED) is 0.231. The van der Waals surface area contributed by atoms with Crippen molar-refractivity contribution in [3.8, 4) is 28.9 Å². The molecule has 1 amide bonds. The molecule has 0 N–H and O–H groups in total. The van der Waals surface area contributed by atoms with Gasteiger partial charge in [-0.2, -0.15) is 9.97 Å². The molecule has 7 heterocycles. The van der Waals surface area contributed by atoms with E-state index in [4.69, 9.17) is 50.2 Å². The highest BCUT2D eigenvalue weighted by Gasteiger charge is 2.53. The number of hydrogen-bond acceptors (Lipinski definition) is 11. The number of alkyl halides is 1. The van der Waals surface area contributed by atoms with Crippen LogP contribution in [0.1, 0.15) is 77.2 Å². The Morgan fingerprint density at radius 1 is 1.09 bits per heavy atom. The van der Waals surface area contributed by atoms with Gasteiger partial charge in [-0.05, 0) is 89.5 Å². The minimum Gasteiger partial charge on any atom is -0.475 e. The molecule has 0 radical (unpaired) electrons. The number of aromatic nitrogens is 3. The number of fused-ring (bicyclic) bond motifs is 6. The van der Waals surface area contributed by atoms with Crippen LogP contribution in [0, 0.1) is 5.82 Å². The van der Waals surface area contributed by atoms with Gasteiger partial charge >= 0.3 is 12.1 Å². The van der Waals surface area contributed by atoms with Crippen molar-refractivity contribution in [3.05, 3.63) is 28.5 Å². The van der Waals surface area contributed by atoms with Gasteiger partial charge in [0.15, 0.2) is 12.6 Å². The largest absolute Gasteiger partial charge is 0.475 e. The van der Waals surface area contributed by atoms with Gasteiger partial charge in [-0.1, -0.05) is 11.6 Å². The Morgan fingerprint density at radius 2 is 1.92 bits per heavy atom. The maximum atomic E-state index is 17.4. The Balaban J connectivity index is 1.17. The smallest absolute Gasteiger partial charge is 0.410 e. The lowest BCUT2D eigenvalue weighted by molar-refractivity contribution is 0.00537. The van der Waals surface area contributed by atoms with Crippen LogP contribution in [-0.4, -0.2) is 113 Å². The molecule has 12 nitrogen and oxygen atoms in total. The fourth-order valence-corrected chi connectivity index (χ4v) is 9.70. The Morgan fingerprint density at radius 3 is 2.70 bits per heavy atom. The third-order valence-electron chi connectivity index (χ3n) is 11.7. The number of ether oxygens (including phenoxy) is 5. The van der Waals surface area contributed by atoms with Gasteiger partial charge in [-0.3, -0.25) is 9.80 Å². The van der Waals surface area contributed by atoms with E-state index in [0.29, 0.717) is 47.1 Å². The van der Waals surface area contributed by atoms with E-state index in [1.165, 1.54) is 7.11 Å². The minimum absolute atomic E-state index is 0.00164. The van der Waals surface area contributed by atoms with Crippen molar-refractivity contribution in [3.63, 3.8) is 0 Å². The van der Waals surface area contributed by atoms with Gasteiger partial charge in [0.05, 0.1) is 23.7 Å². The minimum atomic E-state index is -0.930. The van der Waals surface area contributed by atoms with E-state index in [2.05, 4.69) is 9.80 Å². The van der Waals surface area contributed by atoms with Crippen LogP contribution < -0.4 is 19.1 Å². The summed E-state index contributed by atoms with van der Waals surface area (Å²) in [6.45, 7) is 7.52. The van der Waals surface area contributed by atoms with Gasteiger partial charge in [0.25, 0.3) is 0 Å². The van der Waals surface area contributed by atoms with Crippen molar-refractivity contribution >= 4 is 34.4 Å².